The molecule has 1 aromatic heterocycles. The van der Waals surface area contributed by atoms with E-state index in [2.05, 4.69) is 5.32 Å². The third kappa shape index (κ3) is 4.85. The number of carbonyl (C=O) groups is 1. The number of hydrogen-bond donors (Lipinski definition) is 1. The molecule has 0 spiro atoms. The van der Waals surface area contributed by atoms with Gasteiger partial charge in [0.15, 0.2) is 0 Å². The lowest BCUT2D eigenvalue weighted by Gasteiger charge is -2.05. The van der Waals surface area contributed by atoms with Gasteiger partial charge in [-0.25, -0.2) is 0 Å². The zero-order valence-electron chi connectivity index (χ0n) is 16.2. The van der Waals surface area contributed by atoms with Crippen LogP contribution < -0.4 is 19.5 Å². The first-order valence-electron chi connectivity index (χ1n) is 8.86. The second-order valence-corrected chi connectivity index (χ2v) is 6.18. The summed E-state index contributed by atoms with van der Waals surface area (Å²) in [6.45, 7) is 2.42. The molecule has 0 unspecified atom stereocenters. The van der Waals surface area contributed by atoms with Gasteiger partial charge in [-0.2, -0.15) is 0 Å². The molecule has 0 radical (unpaired) electrons. The summed E-state index contributed by atoms with van der Waals surface area (Å²) in [4.78, 5) is 12.5. The highest BCUT2D eigenvalue weighted by Gasteiger charge is 2.15. The number of aryl methyl sites for hydroxylation is 1. The Morgan fingerprint density at radius 3 is 2.11 bits per heavy atom. The van der Waals surface area contributed by atoms with Gasteiger partial charge in [0.1, 0.15) is 35.4 Å². The quantitative estimate of drug-likeness (QED) is 0.636. The summed E-state index contributed by atoms with van der Waals surface area (Å²) in [5.74, 6) is 3.19. The van der Waals surface area contributed by atoms with Crippen molar-refractivity contribution in [1.82, 2.24) is 5.32 Å². The van der Waals surface area contributed by atoms with Gasteiger partial charge in [0.05, 0.1) is 19.8 Å². The fraction of sp³-hybridized carbons (Fsp3) is 0.227. The van der Waals surface area contributed by atoms with Gasteiger partial charge < -0.3 is 23.9 Å². The lowest BCUT2D eigenvalue weighted by molar-refractivity contribution is 0.0949. The molecule has 0 aliphatic heterocycles. The number of methoxy groups -OCH3 is 2. The van der Waals surface area contributed by atoms with Crippen molar-refractivity contribution < 1.29 is 23.4 Å². The number of carbonyl (C=O) groups excluding carboxylic acids is 1. The molecule has 6 nitrogen and oxygen atoms in total. The Balaban J connectivity index is 1.56. The van der Waals surface area contributed by atoms with E-state index in [4.69, 9.17) is 18.6 Å². The van der Waals surface area contributed by atoms with Crippen LogP contribution in [0.2, 0.25) is 0 Å². The number of nitrogens with one attached hydrogen (secondary N) is 1. The average Bonchev–Trinajstić information content (AvgIpc) is 3.12. The molecule has 146 valence electrons. The lowest BCUT2D eigenvalue weighted by Crippen LogP contribution is -2.22. The van der Waals surface area contributed by atoms with Crippen LogP contribution >= 0.6 is 0 Å². The fourth-order valence-electron chi connectivity index (χ4n) is 2.69. The smallest absolute Gasteiger partial charge is 0.255 e. The van der Waals surface area contributed by atoms with Crippen molar-refractivity contribution in [2.75, 3.05) is 14.2 Å². The molecular formula is C22H23NO5. The Morgan fingerprint density at radius 1 is 0.929 bits per heavy atom. The fourth-order valence-corrected chi connectivity index (χ4v) is 2.69. The zero-order valence-corrected chi connectivity index (χ0v) is 16.2. The summed E-state index contributed by atoms with van der Waals surface area (Å²) in [6, 6.07) is 16.5. The van der Waals surface area contributed by atoms with E-state index in [1.807, 2.05) is 48.5 Å². The maximum absolute atomic E-state index is 12.5. The first-order chi connectivity index (χ1) is 13.6. The zero-order chi connectivity index (χ0) is 19.9. The van der Waals surface area contributed by atoms with Crippen LogP contribution in [0.1, 0.15) is 27.4 Å². The van der Waals surface area contributed by atoms with Crippen LogP contribution in [0.25, 0.3) is 0 Å². The second-order valence-electron chi connectivity index (χ2n) is 6.18. The normalized spacial score (nSPS) is 10.4. The highest BCUT2D eigenvalue weighted by molar-refractivity contribution is 5.95. The molecule has 0 aliphatic carbocycles. The molecule has 28 heavy (non-hydrogen) atoms. The monoisotopic (exact) mass is 381 g/mol. The van der Waals surface area contributed by atoms with Crippen molar-refractivity contribution in [3.05, 3.63) is 77.2 Å². The predicted octanol–water partition coefficient (Wildman–Crippen LogP) is 4.11. The Bertz CT molecular complexity index is 913. The Kier molecular flexibility index (Phi) is 6.22. The maximum Gasteiger partial charge on any atom is 0.255 e. The molecule has 0 saturated carbocycles. The van der Waals surface area contributed by atoms with Crippen LogP contribution in [0.4, 0.5) is 0 Å². The van der Waals surface area contributed by atoms with Crippen molar-refractivity contribution in [2.24, 2.45) is 0 Å². The molecule has 3 aromatic rings. The van der Waals surface area contributed by atoms with Crippen LogP contribution in [0.5, 0.6) is 17.2 Å². The number of rotatable bonds is 8. The Morgan fingerprint density at radius 2 is 1.50 bits per heavy atom. The molecule has 0 bridgehead atoms. The molecule has 2 aromatic carbocycles. The van der Waals surface area contributed by atoms with E-state index in [9.17, 15) is 4.79 Å². The summed E-state index contributed by atoms with van der Waals surface area (Å²) in [5, 5.41) is 2.90. The van der Waals surface area contributed by atoms with Crippen LogP contribution in [0.15, 0.2) is 59.0 Å². The molecule has 1 N–H and O–H groups in total. The van der Waals surface area contributed by atoms with Crippen LogP contribution in [-0.4, -0.2) is 20.1 Å². The number of hydrogen-bond acceptors (Lipinski definition) is 5. The van der Waals surface area contributed by atoms with Crippen molar-refractivity contribution in [3.8, 4) is 17.2 Å². The van der Waals surface area contributed by atoms with Gasteiger partial charge in [0.25, 0.3) is 5.91 Å². The topological polar surface area (TPSA) is 69.9 Å². The summed E-state index contributed by atoms with van der Waals surface area (Å²) >= 11 is 0. The summed E-state index contributed by atoms with van der Waals surface area (Å²) in [6.07, 6.45) is 0. The van der Waals surface area contributed by atoms with Gasteiger partial charge in [-0.05, 0) is 55.0 Å². The maximum atomic E-state index is 12.5. The van der Waals surface area contributed by atoms with Gasteiger partial charge in [-0.1, -0.05) is 12.1 Å². The average molecular weight is 381 g/mol. The van der Waals surface area contributed by atoms with Crippen LogP contribution in [0.3, 0.4) is 0 Å². The third-order valence-electron chi connectivity index (χ3n) is 4.27. The summed E-state index contributed by atoms with van der Waals surface area (Å²) in [5.41, 5.74) is 1.49. The minimum absolute atomic E-state index is 0.187. The third-order valence-corrected chi connectivity index (χ3v) is 4.27. The van der Waals surface area contributed by atoms with Gasteiger partial charge in [-0.3, -0.25) is 4.79 Å². The number of furan rings is 1. The molecule has 0 aliphatic rings. The Hall–Kier alpha value is -3.41. The number of amides is 1. The van der Waals surface area contributed by atoms with Crippen molar-refractivity contribution in [2.45, 2.75) is 20.1 Å². The number of ether oxygens (including phenoxy) is 3. The van der Waals surface area contributed by atoms with Crippen molar-refractivity contribution in [3.63, 3.8) is 0 Å². The van der Waals surface area contributed by atoms with E-state index in [1.54, 1.807) is 27.2 Å². The minimum atomic E-state index is -0.187. The van der Waals surface area contributed by atoms with Gasteiger partial charge >= 0.3 is 0 Å². The first kappa shape index (κ1) is 19.4. The molecule has 1 heterocycles. The summed E-state index contributed by atoms with van der Waals surface area (Å²) in [7, 11) is 3.23. The SMILES string of the molecule is COc1ccc(CNC(=O)c2cc(COc3ccc(OC)cc3)oc2C)cc1. The van der Waals surface area contributed by atoms with E-state index in [1.165, 1.54) is 0 Å². The molecular weight excluding hydrogens is 358 g/mol. The molecule has 0 saturated heterocycles. The Labute approximate surface area is 164 Å². The molecule has 1 amide bonds. The molecule has 3 rings (SSSR count). The standard InChI is InChI=1S/C22H23NO5/c1-15-21(22(24)23-13-16-4-6-17(25-2)7-5-16)12-20(28-15)14-27-19-10-8-18(26-3)9-11-19/h4-12H,13-14H2,1-3H3,(H,23,24). The molecule has 6 heteroatoms. The van der Waals surface area contributed by atoms with Gasteiger partial charge in [0, 0.05) is 6.54 Å². The minimum Gasteiger partial charge on any atom is -0.497 e. The summed E-state index contributed by atoms with van der Waals surface area (Å²) < 4.78 is 21.6. The van der Waals surface area contributed by atoms with Crippen LogP contribution in [-0.2, 0) is 13.2 Å². The van der Waals surface area contributed by atoms with E-state index in [0.717, 1.165) is 17.1 Å². The van der Waals surface area contributed by atoms with E-state index in [-0.39, 0.29) is 12.5 Å². The largest absolute Gasteiger partial charge is 0.497 e. The van der Waals surface area contributed by atoms with E-state index >= 15 is 0 Å². The van der Waals surface area contributed by atoms with E-state index < -0.39 is 0 Å². The van der Waals surface area contributed by atoms with Gasteiger partial charge in [-0.15, -0.1) is 0 Å². The lowest BCUT2D eigenvalue weighted by atomic mass is 10.2. The highest BCUT2D eigenvalue weighted by atomic mass is 16.5. The second kappa shape index (κ2) is 8.99. The number of benzene rings is 2. The van der Waals surface area contributed by atoms with Crippen molar-refractivity contribution >= 4 is 5.91 Å². The van der Waals surface area contributed by atoms with Crippen molar-refractivity contribution in [1.29, 1.82) is 0 Å². The van der Waals surface area contributed by atoms with E-state index in [0.29, 0.717) is 29.4 Å². The molecule has 0 atom stereocenters. The van der Waals surface area contributed by atoms with Gasteiger partial charge in [0.2, 0.25) is 0 Å². The predicted molar refractivity (Wildman–Crippen MR) is 105 cm³/mol. The molecule has 0 fully saturated rings. The first-order valence-corrected chi connectivity index (χ1v) is 8.86. The van der Waals surface area contributed by atoms with Crippen LogP contribution in [0, 0.1) is 6.92 Å². The highest BCUT2D eigenvalue weighted by Crippen LogP contribution is 2.20.